The normalized spacial score (nSPS) is 19.0. The molecule has 0 radical (unpaired) electrons. The molecule has 1 aromatic rings. The first-order chi connectivity index (χ1) is 25.5. The number of rotatable bonds is 23. The molecule has 0 bridgehead atoms. The van der Waals surface area contributed by atoms with Crippen LogP contribution >= 0.6 is 0 Å². The summed E-state index contributed by atoms with van der Waals surface area (Å²) in [6.45, 7) is 14.1. The van der Waals surface area contributed by atoms with Crippen molar-refractivity contribution in [3.8, 4) is 5.75 Å². The minimum Gasteiger partial charge on any atom is -0.496 e. The van der Waals surface area contributed by atoms with Crippen molar-refractivity contribution < 1.29 is 43.3 Å². The molecule has 1 fully saturated rings. The van der Waals surface area contributed by atoms with E-state index in [-0.39, 0.29) is 60.7 Å². The second-order valence-electron chi connectivity index (χ2n) is 15.5. The second kappa shape index (κ2) is 22.1. The molecule has 3 N–H and O–H groups in total. The smallest absolute Gasteiger partial charge is 0.326 e. The van der Waals surface area contributed by atoms with E-state index in [1.54, 1.807) is 62.2 Å². The van der Waals surface area contributed by atoms with Crippen molar-refractivity contribution in [2.75, 3.05) is 42.0 Å². The Morgan fingerprint density at radius 3 is 2.13 bits per heavy atom. The van der Waals surface area contributed by atoms with Gasteiger partial charge in [-0.15, -0.1) is 0 Å². The average molecular weight is 761 g/mol. The number of para-hydroxylation sites is 1. The Kier molecular flexibility index (Phi) is 19.1. The molecule has 0 aromatic heterocycles. The number of carboxylic acid groups (broad SMARTS) is 1. The predicted octanol–water partition coefficient (Wildman–Crippen LogP) is 4.20. The van der Waals surface area contributed by atoms with Gasteiger partial charge in [0.15, 0.2) is 5.78 Å². The van der Waals surface area contributed by atoms with Gasteiger partial charge in [-0.05, 0) is 49.3 Å². The highest BCUT2D eigenvalue weighted by atomic mass is 16.5. The van der Waals surface area contributed by atoms with E-state index >= 15 is 0 Å². The molecule has 0 aliphatic carbocycles. The maximum atomic E-state index is 14.2. The van der Waals surface area contributed by atoms with Gasteiger partial charge in [0.25, 0.3) is 0 Å². The van der Waals surface area contributed by atoms with E-state index in [4.69, 9.17) is 14.2 Å². The molecular formula is C41H68N4O9. The van der Waals surface area contributed by atoms with Gasteiger partial charge in [0.2, 0.25) is 17.7 Å². The molecule has 1 aliphatic rings. The molecule has 13 heteroatoms. The Morgan fingerprint density at radius 2 is 1.61 bits per heavy atom. The number of methoxy groups -OCH3 is 3. The highest BCUT2D eigenvalue weighted by Gasteiger charge is 2.43. The molecule has 2 rings (SSSR count). The second-order valence-corrected chi connectivity index (χ2v) is 15.5. The first-order valence-corrected chi connectivity index (χ1v) is 19.5. The summed E-state index contributed by atoms with van der Waals surface area (Å²) >= 11 is 0. The van der Waals surface area contributed by atoms with Gasteiger partial charge in [0.05, 0.1) is 49.8 Å². The lowest BCUT2D eigenvalue weighted by molar-refractivity contribution is -0.149. The molecule has 1 heterocycles. The van der Waals surface area contributed by atoms with E-state index in [1.165, 1.54) is 14.2 Å². The monoisotopic (exact) mass is 760 g/mol. The molecule has 1 aliphatic heterocycles. The number of Topliss-reactive ketones (excluding diaryl/α,β-unsaturated/α-hetero) is 1. The zero-order valence-corrected chi connectivity index (χ0v) is 34.7. The van der Waals surface area contributed by atoms with Crippen molar-refractivity contribution in [1.29, 1.82) is 0 Å². The summed E-state index contributed by atoms with van der Waals surface area (Å²) in [5, 5.41) is 15.8. The fraction of sp³-hybridized carbons (Fsp3) is 0.732. The van der Waals surface area contributed by atoms with Crippen LogP contribution in [0.4, 0.5) is 0 Å². The lowest BCUT2D eigenvalue weighted by Crippen LogP contribution is -2.55. The molecule has 0 unspecified atom stereocenters. The molecule has 306 valence electrons. The van der Waals surface area contributed by atoms with Crippen LogP contribution in [-0.2, 0) is 39.9 Å². The number of ether oxygens (including phenoxy) is 3. The van der Waals surface area contributed by atoms with Crippen molar-refractivity contribution in [3.05, 3.63) is 29.8 Å². The Bertz CT molecular complexity index is 1390. The number of nitrogens with zero attached hydrogens (tertiary/aromatic N) is 2. The first kappa shape index (κ1) is 46.6. The number of likely N-dealkylation sites (tertiary alicyclic amines) is 1. The standard InChI is InChI=1S/C41H68N4O9/c1-13-26(6)37(44(9)40(49)29(24(2)3)22-32(46)36(42-8)25(4)5)34(53-11)23-35(47)45-20-16-18-31(45)38(54-12)27(7)39(48)43-30(41(50)51)21-28-17-14-15-19-33(28)52-10/h14-15,17,19,24-27,29-31,34,36-38,42H,13,16,18,20-23H2,1-12H3,(H,43,48)(H,50,51)/t26-,27+,29-,30-,31-,34+,36-,37-,38+/m0/s1. The zero-order valence-electron chi connectivity index (χ0n) is 34.7. The molecule has 9 atom stereocenters. The van der Waals surface area contributed by atoms with Crippen LogP contribution < -0.4 is 15.4 Å². The molecule has 54 heavy (non-hydrogen) atoms. The molecule has 0 spiro atoms. The SMILES string of the molecule is CC[C@H](C)[C@@H]([C@@H](CC(=O)N1CCC[C@H]1[C@H](OC)[C@@H](C)C(=O)N[C@@H](Cc1ccccc1OC)C(=O)O)OC)N(C)C(=O)[C@@H](CC(=O)[C@@H](NC)C(C)C)C(C)C. The van der Waals surface area contributed by atoms with Crippen LogP contribution in [0.1, 0.15) is 86.1 Å². The summed E-state index contributed by atoms with van der Waals surface area (Å²) in [6.07, 6.45) is 0.830. The van der Waals surface area contributed by atoms with Crippen LogP contribution in [0.15, 0.2) is 24.3 Å². The number of aliphatic carboxylic acids is 1. The Balaban J connectivity index is 2.28. The van der Waals surface area contributed by atoms with Crippen LogP contribution in [-0.4, -0.2) is 123 Å². The number of carbonyl (C=O) groups excluding carboxylic acids is 4. The Labute approximate surface area is 323 Å². The number of benzene rings is 1. The summed E-state index contributed by atoms with van der Waals surface area (Å²) < 4.78 is 17.3. The lowest BCUT2D eigenvalue weighted by Gasteiger charge is -2.41. The molecule has 3 amide bonds. The average Bonchev–Trinajstić information content (AvgIpc) is 3.62. The third-order valence-corrected chi connectivity index (χ3v) is 11.4. The lowest BCUT2D eigenvalue weighted by atomic mass is 9.84. The summed E-state index contributed by atoms with van der Waals surface area (Å²) in [7, 11) is 8.04. The van der Waals surface area contributed by atoms with Crippen molar-refractivity contribution in [3.63, 3.8) is 0 Å². The zero-order chi connectivity index (χ0) is 40.9. The van der Waals surface area contributed by atoms with Gasteiger partial charge >= 0.3 is 5.97 Å². The van der Waals surface area contributed by atoms with E-state index in [2.05, 4.69) is 10.6 Å². The quantitative estimate of drug-likeness (QED) is 0.147. The van der Waals surface area contributed by atoms with E-state index < -0.39 is 54.0 Å². The third kappa shape index (κ3) is 12.0. The topological polar surface area (TPSA) is 164 Å². The predicted molar refractivity (Wildman–Crippen MR) is 208 cm³/mol. The van der Waals surface area contributed by atoms with Gasteiger partial charge in [-0.1, -0.05) is 73.1 Å². The summed E-state index contributed by atoms with van der Waals surface area (Å²) in [4.78, 5) is 70.9. The van der Waals surface area contributed by atoms with Crippen LogP contribution in [0.3, 0.4) is 0 Å². The van der Waals surface area contributed by atoms with Crippen LogP contribution in [0.5, 0.6) is 5.75 Å². The van der Waals surface area contributed by atoms with Crippen molar-refractivity contribution in [2.45, 2.75) is 123 Å². The third-order valence-electron chi connectivity index (χ3n) is 11.4. The Hall–Kier alpha value is -3.55. The maximum Gasteiger partial charge on any atom is 0.326 e. The largest absolute Gasteiger partial charge is 0.496 e. The van der Waals surface area contributed by atoms with Crippen molar-refractivity contribution >= 4 is 29.5 Å². The van der Waals surface area contributed by atoms with Gasteiger partial charge < -0.3 is 39.8 Å². The van der Waals surface area contributed by atoms with E-state index in [9.17, 15) is 29.1 Å². The van der Waals surface area contributed by atoms with Gasteiger partial charge in [-0.25, -0.2) is 4.79 Å². The number of amides is 3. The Morgan fingerprint density at radius 1 is 0.963 bits per heavy atom. The van der Waals surface area contributed by atoms with Gasteiger partial charge in [0.1, 0.15) is 11.8 Å². The van der Waals surface area contributed by atoms with Gasteiger partial charge in [0, 0.05) is 46.6 Å². The van der Waals surface area contributed by atoms with Crippen molar-refractivity contribution in [1.82, 2.24) is 20.4 Å². The van der Waals surface area contributed by atoms with Crippen LogP contribution in [0, 0.1) is 29.6 Å². The highest BCUT2D eigenvalue weighted by molar-refractivity contribution is 5.90. The number of likely N-dealkylation sites (N-methyl/N-ethyl adjacent to an activating group) is 2. The highest BCUT2D eigenvalue weighted by Crippen LogP contribution is 2.31. The minimum absolute atomic E-state index is 0.00269. The van der Waals surface area contributed by atoms with E-state index in [0.29, 0.717) is 30.7 Å². The van der Waals surface area contributed by atoms with Gasteiger partial charge in [-0.2, -0.15) is 0 Å². The summed E-state index contributed by atoms with van der Waals surface area (Å²) in [6, 6.07) is 4.62. The molecule has 1 saturated heterocycles. The number of hydrogen-bond acceptors (Lipinski definition) is 9. The summed E-state index contributed by atoms with van der Waals surface area (Å²) in [5.41, 5.74) is 0.647. The minimum atomic E-state index is -1.21. The van der Waals surface area contributed by atoms with E-state index in [1.807, 2.05) is 41.5 Å². The number of carboxylic acids is 1. The number of carbonyl (C=O) groups is 5. The number of hydrogen-bond donors (Lipinski definition) is 3. The summed E-state index contributed by atoms with van der Waals surface area (Å²) in [5.74, 6) is -2.84. The fourth-order valence-corrected chi connectivity index (χ4v) is 7.98. The van der Waals surface area contributed by atoms with Crippen molar-refractivity contribution in [2.24, 2.45) is 29.6 Å². The van der Waals surface area contributed by atoms with Crippen LogP contribution in [0.2, 0.25) is 0 Å². The van der Waals surface area contributed by atoms with Gasteiger partial charge in [-0.3, -0.25) is 19.2 Å². The van der Waals surface area contributed by atoms with Crippen LogP contribution in [0.25, 0.3) is 0 Å². The first-order valence-electron chi connectivity index (χ1n) is 19.5. The molecular weight excluding hydrogens is 692 g/mol. The fourth-order valence-electron chi connectivity index (χ4n) is 7.98. The van der Waals surface area contributed by atoms with E-state index in [0.717, 1.165) is 6.42 Å². The molecule has 1 aromatic carbocycles. The molecule has 0 saturated carbocycles. The maximum absolute atomic E-state index is 14.2. The number of nitrogens with one attached hydrogen (secondary N) is 2. The number of ketones is 1. The molecule has 13 nitrogen and oxygen atoms in total.